The van der Waals surface area contributed by atoms with E-state index >= 15 is 0 Å². The van der Waals surface area contributed by atoms with E-state index in [0.29, 0.717) is 0 Å². The van der Waals surface area contributed by atoms with Crippen molar-refractivity contribution in [1.82, 2.24) is 0 Å². The van der Waals surface area contributed by atoms with Crippen molar-refractivity contribution in [2.45, 2.75) is 18.7 Å². The monoisotopic (exact) mass is 230 g/mol. The molecule has 0 bridgehead atoms. The summed E-state index contributed by atoms with van der Waals surface area (Å²) >= 11 is 0. The van der Waals surface area contributed by atoms with E-state index in [2.05, 4.69) is 0 Å². The number of sulfone groups is 1. The third-order valence-electron chi connectivity index (χ3n) is 1.58. The molecule has 1 aromatic rings. The van der Waals surface area contributed by atoms with Gasteiger partial charge in [-0.2, -0.15) is 0 Å². The zero-order chi connectivity index (χ0) is 12.1. The molecule has 0 aliphatic carbocycles. The number of hydrogen-bond acceptors (Lipinski definition) is 4. The molecular formula is C9H15BO4S. The molecule has 84 valence electrons. The Kier molecular flexibility index (Phi) is 5.56. The first-order valence-electron chi connectivity index (χ1n) is 4.57. The van der Waals surface area contributed by atoms with Crippen molar-refractivity contribution in [3.8, 4) is 0 Å². The molecule has 0 aliphatic heterocycles. The van der Waals surface area contributed by atoms with Gasteiger partial charge >= 0.3 is 7.12 Å². The largest absolute Gasteiger partial charge is 0.488 e. The molecule has 0 spiro atoms. The van der Waals surface area contributed by atoms with E-state index in [-0.39, 0.29) is 10.4 Å². The van der Waals surface area contributed by atoms with Gasteiger partial charge < -0.3 is 10.0 Å². The van der Waals surface area contributed by atoms with Gasteiger partial charge in [0.1, 0.15) is 0 Å². The average Bonchev–Trinajstić information content (AvgIpc) is 2.20. The third-order valence-corrected chi connectivity index (χ3v) is 2.69. The van der Waals surface area contributed by atoms with Crippen LogP contribution in [0.3, 0.4) is 0 Å². The van der Waals surface area contributed by atoms with E-state index in [9.17, 15) is 8.42 Å². The second-order valence-corrected chi connectivity index (χ2v) is 4.73. The summed E-state index contributed by atoms with van der Waals surface area (Å²) in [5.41, 5.74) is 0.169. The molecule has 0 radical (unpaired) electrons. The van der Waals surface area contributed by atoms with Crippen molar-refractivity contribution in [2.24, 2.45) is 0 Å². The lowest BCUT2D eigenvalue weighted by molar-refractivity contribution is 0.425. The molecule has 4 nitrogen and oxygen atoms in total. The van der Waals surface area contributed by atoms with Crippen LogP contribution in [0.15, 0.2) is 29.2 Å². The lowest BCUT2D eigenvalue weighted by Crippen LogP contribution is -2.30. The van der Waals surface area contributed by atoms with Gasteiger partial charge in [-0.3, -0.25) is 0 Å². The lowest BCUT2D eigenvalue weighted by Gasteiger charge is -2.01. The maximum Gasteiger partial charge on any atom is 0.488 e. The van der Waals surface area contributed by atoms with Crippen molar-refractivity contribution in [1.29, 1.82) is 0 Å². The molecule has 1 aromatic carbocycles. The molecule has 0 atom stereocenters. The highest BCUT2D eigenvalue weighted by molar-refractivity contribution is 7.90. The molecule has 0 aliphatic rings. The molecule has 2 N–H and O–H groups in total. The maximum atomic E-state index is 11.0. The first kappa shape index (κ1) is 14.2. The van der Waals surface area contributed by atoms with Gasteiger partial charge in [0, 0.05) is 6.26 Å². The van der Waals surface area contributed by atoms with Crippen LogP contribution in [0.25, 0.3) is 0 Å². The number of rotatable bonds is 2. The summed E-state index contributed by atoms with van der Waals surface area (Å²) < 4.78 is 22.1. The van der Waals surface area contributed by atoms with Crippen LogP contribution in [-0.2, 0) is 9.84 Å². The van der Waals surface area contributed by atoms with E-state index < -0.39 is 17.0 Å². The summed E-state index contributed by atoms with van der Waals surface area (Å²) in [6.45, 7) is 4.00. The van der Waals surface area contributed by atoms with Gasteiger partial charge in [-0.05, 0) is 17.6 Å². The predicted octanol–water partition coefficient (Wildman–Crippen LogP) is -0.204. The number of benzene rings is 1. The smallest absolute Gasteiger partial charge is 0.423 e. The van der Waals surface area contributed by atoms with Crippen molar-refractivity contribution < 1.29 is 18.5 Å². The van der Waals surface area contributed by atoms with Gasteiger partial charge in [-0.1, -0.05) is 26.0 Å². The van der Waals surface area contributed by atoms with E-state index in [0.717, 1.165) is 6.26 Å². The van der Waals surface area contributed by atoms with Gasteiger partial charge in [-0.15, -0.1) is 0 Å². The van der Waals surface area contributed by atoms with Crippen LogP contribution in [-0.4, -0.2) is 31.8 Å². The molecule has 1 rings (SSSR count). The van der Waals surface area contributed by atoms with Crippen LogP contribution in [0.4, 0.5) is 0 Å². The Morgan fingerprint density at radius 2 is 1.73 bits per heavy atom. The number of hydrogen-bond donors (Lipinski definition) is 2. The minimum Gasteiger partial charge on any atom is -0.423 e. The van der Waals surface area contributed by atoms with Crippen molar-refractivity contribution in [3.63, 3.8) is 0 Å². The summed E-state index contributed by atoms with van der Waals surface area (Å²) in [5.74, 6) is 0. The molecule has 0 amide bonds. The van der Waals surface area contributed by atoms with Gasteiger partial charge in [0.05, 0.1) is 4.90 Å². The Balaban J connectivity index is 0.000000921. The minimum atomic E-state index is -3.28. The van der Waals surface area contributed by atoms with Crippen LogP contribution in [0.2, 0.25) is 0 Å². The fourth-order valence-electron chi connectivity index (χ4n) is 0.906. The normalized spacial score (nSPS) is 10.2. The Morgan fingerprint density at radius 3 is 2.13 bits per heavy atom. The highest BCUT2D eigenvalue weighted by Gasteiger charge is 2.14. The molecule has 0 unspecified atom stereocenters. The lowest BCUT2D eigenvalue weighted by atomic mass is 9.80. The fraction of sp³-hybridized carbons (Fsp3) is 0.333. The third kappa shape index (κ3) is 4.46. The molecule has 15 heavy (non-hydrogen) atoms. The Morgan fingerprint density at radius 1 is 1.20 bits per heavy atom. The summed E-state index contributed by atoms with van der Waals surface area (Å²) in [6, 6.07) is 5.55. The summed E-state index contributed by atoms with van der Waals surface area (Å²) in [6.07, 6.45) is 1.07. The predicted molar refractivity (Wildman–Crippen MR) is 60.7 cm³/mol. The van der Waals surface area contributed by atoms with E-state index in [4.69, 9.17) is 10.0 Å². The van der Waals surface area contributed by atoms with Crippen molar-refractivity contribution in [2.75, 3.05) is 6.26 Å². The van der Waals surface area contributed by atoms with E-state index in [1.54, 1.807) is 0 Å². The van der Waals surface area contributed by atoms with Gasteiger partial charge in [-0.25, -0.2) is 8.42 Å². The topological polar surface area (TPSA) is 74.6 Å². The Bertz CT molecular complexity index is 400. The van der Waals surface area contributed by atoms with E-state index in [1.165, 1.54) is 24.3 Å². The zero-order valence-corrected chi connectivity index (χ0v) is 9.82. The first-order chi connectivity index (χ1) is 6.91. The molecule has 0 saturated heterocycles. The molecule has 0 aromatic heterocycles. The molecular weight excluding hydrogens is 215 g/mol. The van der Waals surface area contributed by atoms with Crippen molar-refractivity contribution >= 4 is 22.4 Å². The van der Waals surface area contributed by atoms with Crippen LogP contribution < -0.4 is 5.46 Å². The highest BCUT2D eigenvalue weighted by atomic mass is 32.2. The second-order valence-electron chi connectivity index (χ2n) is 2.72. The van der Waals surface area contributed by atoms with Crippen molar-refractivity contribution in [3.05, 3.63) is 24.3 Å². The molecule has 0 heterocycles. The summed E-state index contributed by atoms with van der Waals surface area (Å²) in [7, 11) is -4.92. The van der Waals surface area contributed by atoms with Gasteiger partial charge in [0.25, 0.3) is 0 Å². The standard InChI is InChI=1S/C7H9BO4S.C2H6/c1-13(11,12)7-4-2-3-6(5-7)8(9)10;1-2/h2-5,9-10H,1H3;1-2H3. The highest BCUT2D eigenvalue weighted by Crippen LogP contribution is 2.05. The van der Waals surface area contributed by atoms with Crippen LogP contribution in [0.5, 0.6) is 0 Å². The van der Waals surface area contributed by atoms with Crippen LogP contribution in [0.1, 0.15) is 13.8 Å². The van der Waals surface area contributed by atoms with Crippen LogP contribution in [0, 0.1) is 0 Å². The first-order valence-corrected chi connectivity index (χ1v) is 6.46. The molecule has 0 fully saturated rings. The SMILES string of the molecule is CC.CS(=O)(=O)c1cccc(B(O)O)c1. The molecule has 6 heteroatoms. The zero-order valence-electron chi connectivity index (χ0n) is 9.01. The van der Waals surface area contributed by atoms with Gasteiger partial charge in [0.15, 0.2) is 9.84 Å². The second kappa shape index (κ2) is 5.90. The quantitative estimate of drug-likeness (QED) is 0.690. The Hall–Kier alpha value is -0.845. The minimum absolute atomic E-state index is 0.0816. The maximum absolute atomic E-state index is 11.0. The average molecular weight is 230 g/mol. The van der Waals surface area contributed by atoms with Gasteiger partial charge in [0.2, 0.25) is 0 Å². The Labute approximate surface area is 90.6 Å². The molecule has 0 saturated carbocycles. The fourth-order valence-corrected chi connectivity index (χ4v) is 1.58. The van der Waals surface area contributed by atoms with E-state index in [1.807, 2.05) is 13.8 Å². The van der Waals surface area contributed by atoms with Crippen LogP contribution >= 0.6 is 0 Å². The summed E-state index contributed by atoms with van der Waals surface area (Å²) in [4.78, 5) is 0.0816. The summed E-state index contributed by atoms with van der Waals surface area (Å²) in [5, 5.41) is 17.5.